The summed E-state index contributed by atoms with van der Waals surface area (Å²) < 4.78 is 10.7. The summed E-state index contributed by atoms with van der Waals surface area (Å²) in [5.41, 5.74) is 4.57. The summed E-state index contributed by atoms with van der Waals surface area (Å²) in [7, 11) is 3.23. The molecule has 0 amide bonds. The van der Waals surface area contributed by atoms with Gasteiger partial charge >= 0.3 is 0 Å². The van der Waals surface area contributed by atoms with Crippen molar-refractivity contribution in [1.82, 2.24) is 24.9 Å². The van der Waals surface area contributed by atoms with E-state index in [4.69, 9.17) is 9.47 Å². The number of nitrogens with one attached hydrogen (secondary N) is 2. The molecular weight excluding hydrogens is 326 g/mol. The van der Waals surface area contributed by atoms with E-state index in [9.17, 15) is 0 Å². The number of aromatic nitrogens is 5. The van der Waals surface area contributed by atoms with Crippen molar-refractivity contribution in [1.29, 1.82) is 0 Å². The fourth-order valence-corrected chi connectivity index (χ4v) is 3.40. The van der Waals surface area contributed by atoms with E-state index >= 15 is 0 Å². The first-order valence-electron chi connectivity index (χ1n) is 7.30. The molecule has 0 atom stereocenters. The molecule has 0 spiro atoms. The van der Waals surface area contributed by atoms with Crippen molar-refractivity contribution >= 4 is 33.8 Å². The summed E-state index contributed by atoms with van der Waals surface area (Å²) in [4.78, 5) is 19.7. The molecule has 4 rings (SSSR count). The van der Waals surface area contributed by atoms with Gasteiger partial charge in [0.1, 0.15) is 0 Å². The Kier molecular flexibility index (Phi) is 3.73. The smallest absolute Gasteiger partial charge is 0.183 e. The Hall–Kier alpha value is -2.74. The SMILES string of the molecule is COc1ccnc(CSc2nc3cc4nc[nH]c4cc3[nH]2)c1OC. The maximum Gasteiger partial charge on any atom is 0.183 e. The molecular formula is C16H15N5O2S. The van der Waals surface area contributed by atoms with Crippen molar-refractivity contribution in [2.24, 2.45) is 0 Å². The standard InChI is InChI=1S/C16H15N5O2S/c1-22-14-3-4-17-13(15(14)23-2)7-24-16-20-11-5-9-10(19-8-18-9)6-12(11)21-16/h3-6,8H,7H2,1-2H3,(H,18,19)(H,20,21). The minimum absolute atomic E-state index is 0.621. The Morgan fingerprint density at radius 2 is 2.00 bits per heavy atom. The Bertz CT molecular complexity index is 962. The van der Waals surface area contributed by atoms with Gasteiger partial charge in [0, 0.05) is 18.0 Å². The van der Waals surface area contributed by atoms with Crippen LogP contribution in [0.15, 0.2) is 35.9 Å². The van der Waals surface area contributed by atoms with Crippen LogP contribution in [0.4, 0.5) is 0 Å². The van der Waals surface area contributed by atoms with Crippen molar-refractivity contribution in [2.45, 2.75) is 10.9 Å². The van der Waals surface area contributed by atoms with Crippen LogP contribution in [0.5, 0.6) is 11.5 Å². The highest BCUT2D eigenvalue weighted by Gasteiger charge is 2.13. The predicted molar refractivity (Wildman–Crippen MR) is 92.6 cm³/mol. The Morgan fingerprint density at radius 3 is 2.83 bits per heavy atom. The summed E-state index contributed by atoms with van der Waals surface area (Å²) in [5, 5.41) is 0.823. The fraction of sp³-hybridized carbons (Fsp3) is 0.188. The topological polar surface area (TPSA) is 88.7 Å². The van der Waals surface area contributed by atoms with Crippen molar-refractivity contribution in [3.8, 4) is 11.5 Å². The molecule has 7 nitrogen and oxygen atoms in total. The van der Waals surface area contributed by atoms with Crippen LogP contribution < -0.4 is 9.47 Å². The molecule has 4 aromatic rings. The zero-order valence-corrected chi connectivity index (χ0v) is 14.0. The lowest BCUT2D eigenvalue weighted by atomic mass is 10.3. The Morgan fingerprint density at radius 1 is 1.08 bits per heavy atom. The van der Waals surface area contributed by atoms with Gasteiger partial charge < -0.3 is 19.4 Å². The molecule has 3 heterocycles. The van der Waals surface area contributed by atoms with Gasteiger partial charge in [-0.25, -0.2) is 9.97 Å². The van der Waals surface area contributed by atoms with Crippen molar-refractivity contribution in [2.75, 3.05) is 14.2 Å². The minimum atomic E-state index is 0.621. The van der Waals surface area contributed by atoms with Gasteiger partial charge in [0.15, 0.2) is 16.7 Å². The van der Waals surface area contributed by atoms with Crippen LogP contribution in [0.2, 0.25) is 0 Å². The highest BCUT2D eigenvalue weighted by molar-refractivity contribution is 7.98. The summed E-state index contributed by atoms with van der Waals surface area (Å²) in [6.45, 7) is 0. The predicted octanol–water partition coefficient (Wildman–Crippen LogP) is 3.14. The zero-order chi connectivity index (χ0) is 16.5. The van der Waals surface area contributed by atoms with E-state index in [-0.39, 0.29) is 0 Å². The van der Waals surface area contributed by atoms with E-state index in [1.54, 1.807) is 44.6 Å². The first-order chi connectivity index (χ1) is 11.8. The lowest BCUT2D eigenvalue weighted by Crippen LogP contribution is -1.97. The van der Waals surface area contributed by atoms with Gasteiger partial charge in [0.05, 0.1) is 48.3 Å². The van der Waals surface area contributed by atoms with Crippen LogP contribution >= 0.6 is 11.8 Å². The lowest BCUT2D eigenvalue weighted by Gasteiger charge is -2.10. The molecule has 3 aromatic heterocycles. The lowest BCUT2D eigenvalue weighted by molar-refractivity contribution is 0.350. The molecule has 0 aliphatic carbocycles. The molecule has 0 saturated heterocycles. The van der Waals surface area contributed by atoms with Gasteiger partial charge in [0.25, 0.3) is 0 Å². The summed E-state index contributed by atoms with van der Waals surface area (Å²) in [5.74, 6) is 1.95. The zero-order valence-electron chi connectivity index (χ0n) is 13.2. The van der Waals surface area contributed by atoms with Gasteiger partial charge in [-0.3, -0.25) is 4.98 Å². The van der Waals surface area contributed by atoms with Gasteiger partial charge in [0.2, 0.25) is 0 Å². The highest BCUT2D eigenvalue weighted by atomic mass is 32.2. The summed E-state index contributed by atoms with van der Waals surface area (Å²) in [6, 6.07) is 5.76. The van der Waals surface area contributed by atoms with Crippen LogP contribution in [0.3, 0.4) is 0 Å². The molecule has 0 saturated carbocycles. The average Bonchev–Trinajstić information content (AvgIpc) is 3.22. The number of hydrogen-bond acceptors (Lipinski definition) is 6. The molecule has 2 N–H and O–H groups in total. The monoisotopic (exact) mass is 341 g/mol. The number of ether oxygens (including phenoxy) is 2. The number of pyridine rings is 1. The third-order valence-corrected chi connectivity index (χ3v) is 4.60. The third kappa shape index (κ3) is 2.54. The van der Waals surface area contributed by atoms with Crippen LogP contribution in [-0.4, -0.2) is 39.1 Å². The number of fused-ring (bicyclic) bond motifs is 2. The number of nitrogens with zero attached hydrogens (tertiary/aromatic N) is 3. The van der Waals surface area contributed by atoms with Gasteiger partial charge in [-0.2, -0.15) is 0 Å². The number of H-pyrrole nitrogens is 2. The molecule has 8 heteroatoms. The molecule has 0 fully saturated rings. The molecule has 24 heavy (non-hydrogen) atoms. The first kappa shape index (κ1) is 14.8. The maximum absolute atomic E-state index is 5.41. The number of hydrogen-bond donors (Lipinski definition) is 2. The van der Waals surface area contributed by atoms with Crippen molar-refractivity contribution in [3.63, 3.8) is 0 Å². The van der Waals surface area contributed by atoms with Crippen LogP contribution in [-0.2, 0) is 5.75 Å². The van der Waals surface area contributed by atoms with Gasteiger partial charge in [-0.15, -0.1) is 0 Å². The number of methoxy groups -OCH3 is 2. The van der Waals surface area contributed by atoms with Crippen LogP contribution in [0.25, 0.3) is 22.1 Å². The van der Waals surface area contributed by atoms with E-state index in [1.165, 1.54) is 0 Å². The number of aromatic amines is 2. The van der Waals surface area contributed by atoms with Gasteiger partial charge in [-0.05, 0) is 12.1 Å². The van der Waals surface area contributed by atoms with Gasteiger partial charge in [-0.1, -0.05) is 11.8 Å². The molecule has 1 aromatic carbocycles. The normalized spacial score (nSPS) is 11.2. The minimum Gasteiger partial charge on any atom is -0.493 e. The van der Waals surface area contributed by atoms with E-state index in [0.717, 1.165) is 32.9 Å². The summed E-state index contributed by atoms with van der Waals surface area (Å²) in [6.07, 6.45) is 3.39. The second-order valence-corrected chi connectivity index (χ2v) is 6.08. The molecule has 122 valence electrons. The van der Waals surface area contributed by atoms with E-state index < -0.39 is 0 Å². The van der Waals surface area contributed by atoms with Crippen molar-refractivity contribution < 1.29 is 9.47 Å². The Labute approximate surface area is 141 Å². The molecule has 0 bridgehead atoms. The summed E-state index contributed by atoms with van der Waals surface area (Å²) >= 11 is 1.56. The number of imidazole rings is 2. The number of benzene rings is 1. The fourth-order valence-electron chi connectivity index (χ4n) is 2.57. The maximum atomic E-state index is 5.41. The highest BCUT2D eigenvalue weighted by Crippen LogP contribution is 2.33. The molecule has 0 radical (unpaired) electrons. The van der Waals surface area contributed by atoms with E-state index in [2.05, 4.69) is 24.9 Å². The molecule has 0 aliphatic heterocycles. The van der Waals surface area contributed by atoms with Crippen LogP contribution in [0.1, 0.15) is 5.69 Å². The second kappa shape index (κ2) is 6.04. The quantitative estimate of drug-likeness (QED) is 0.542. The van der Waals surface area contributed by atoms with Crippen molar-refractivity contribution in [3.05, 3.63) is 36.4 Å². The van der Waals surface area contributed by atoms with Crippen LogP contribution in [0, 0.1) is 0 Å². The number of thioether (sulfide) groups is 1. The van der Waals surface area contributed by atoms with E-state index in [0.29, 0.717) is 17.3 Å². The largest absolute Gasteiger partial charge is 0.493 e. The second-order valence-electron chi connectivity index (χ2n) is 5.11. The molecule has 0 unspecified atom stereocenters. The van der Waals surface area contributed by atoms with E-state index in [1.807, 2.05) is 12.1 Å². The first-order valence-corrected chi connectivity index (χ1v) is 8.28. The molecule has 0 aliphatic rings. The average molecular weight is 341 g/mol. The number of rotatable bonds is 5. The Balaban J connectivity index is 1.60. The third-order valence-electron chi connectivity index (χ3n) is 3.71.